The van der Waals surface area contributed by atoms with Crippen molar-refractivity contribution in [3.63, 3.8) is 0 Å². The summed E-state index contributed by atoms with van der Waals surface area (Å²) in [5, 5.41) is 0. The standard InChI is InChI=1S/C8H17BrFNO/c1-11(5-3-4-10)6-8(9)7-12-2/h8H,3-7H2,1-2H3. The minimum absolute atomic E-state index is 0.235. The first-order valence-electron chi connectivity index (χ1n) is 4.08. The van der Waals surface area contributed by atoms with E-state index in [1.807, 2.05) is 7.05 Å². The minimum atomic E-state index is -0.235. The molecule has 0 aromatic carbocycles. The zero-order chi connectivity index (χ0) is 9.40. The van der Waals surface area contributed by atoms with E-state index in [1.165, 1.54) is 0 Å². The van der Waals surface area contributed by atoms with Crippen molar-refractivity contribution in [2.45, 2.75) is 11.2 Å². The SMILES string of the molecule is COCC(Br)CN(C)CCCF. The van der Waals surface area contributed by atoms with Crippen LogP contribution in [0.15, 0.2) is 0 Å². The number of methoxy groups -OCH3 is 1. The van der Waals surface area contributed by atoms with Gasteiger partial charge in [-0.1, -0.05) is 15.9 Å². The van der Waals surface area contributed by atoms with Gasteiger partial charge in [-0.2, -0.15) is 0 Å². The summed E-state index contributed by atoms with van der Waals surface area (Å²) in [6, 6.07) is 0. The van der Waals surface area contributed by atoms with Crippen LogP contribution in [0.5, 0.6) is 0 Å². The normalized spacial score (nSPS) is 13.8. The van der Waals surface area contributed by atoms with Crippen LogP contribution in [-0.4, -0.2) is 50.3 Å². The third-order valence-corrected chi connectivity index (χ3v) is 2.08. The van der Waals surface area contributed by atoms with Crippen molar-refractivity contribution >= 4 is 15.9 Å². The van der Waals surface area contributed by atoms with Gasteiger partial charge in [0.1, 0.15) is 0 Å². The number of rotatable bonds is 7. The third kappa shape index (κ3) is 7.00. The molecule has 0 rings (SSSR count). The van der Waals surface area contributed by atoms with Crippen molar-refractivity contribution in [1.29, 1.82) is 0 Å². The Morgan fingerprint density at radius 1 is 1.58 bits per heavy atom. The van der Waals surface area contributed by atoms with Gasteiger partial charge in [-0.05, 0) is 13.5 Å². The van der Waals surface area contributed by atoms with Crippen LogP contribution in [-0.2, 0) is 4.74 Å². The van der Waals surface area contributed by atoms with Crippen molar-refractivity contribution in [2.24, 2.45) is 0 Å². The number of halogens is 2. The molecule has 0 spiro atoms. The second kappa shape index (κ2) is 7.95. The molecule has 0 aliphatic carbocycles. The van der Waals surface area contributed by atoms with Gasteiger partial charge in [0.25, 0.3) is 0 Å². The molecule has 2 nitrogen and oxygen atoms in total. The van der Waals surface area contributed by atoms with E-state index in [0.29, 0.717) is 17.9 Å². The maximum atomic E-state index is 11.8. The van der Waals surface area contributed by atoms with Crippen LogP contribution in [0.3, 0.4) is 0 Å². The van der Waals surface area contributed by atoms with Gasteiger partial charge in [-0.15, -0.1) is 0 Å². The molecular weight excluding hydrogens is 225 g/mol. The maximum absolute atomic E-state index is 11.8. The van der Waals surface area contributed by atoms with Crippen molar-refractivity contribution in [3.8, 4) is 0 Å². The smallest absolute Gasteiger partial charge is 0.0906 e. The number of nitrogens with zero attached hydrogens (tertiary/aromatic N) is 1. The molecule has 0 aliphatic rings. The van der Waals surface area contributed by atoms with Crippen LogP contribution in [0.25, 0.3) is 0 Å². The molecule has 0 aliphatic heterocycles. The van der Waals surface area contributed by atoms with Crippen molar-refractivity contribution in [3.05, 3.63) is 0 Å². The molecule has 1 atom stereocenters. The second-order valence-electron chi connectivity index (χ2n) is 2.86. The average molecular weight is 242 g/mol. The summed E-state index contributed by atoms with van der Waals surface area (Å²) in [6.45, 7) is 2.16. The van der Waals surface area contributed by atoms with Crippen molar-refractivity contribution in [2.75, 3.05) is 40.5 Å². The van der Waals surface area contributed by atoms with Gasteiger partial charge in [-0.25, -0.2) is 0 Å². The topological polar surface area (TPSA) is 12.5 Å². The second-order valence-corrected chi connectivity index (χ2v) is 4.15. The Morgan fingerprint density at radius 2 is 2.25 bits per heavy atom. The lowest BCUT2D eigenvalue weighted by Crippen LogP contribution is -2.29. The third-order valence-electron chi connectivity index (χ3n) is 1.53. The molecule has 0 heterocycles. The first-order valence-corrected chi connectivity index (χ1v) is 4.99. The van der Waals surface area contributed by atoms with Crippen molar-refractivity contribution in [1.82, 2.24) is 4.90 Å². The van der Waals surface area contributed by atoms with E-state index in [4.69, 9.17) is 4.74 Å². The van der Waals surface area contributed by atoms with Gasteiger partial charge in [0.2, 0.25) is 0 Å². The molecule has 0 aromatic heterocycles. The Bertz CT molecular complexity index is 105. The van der Waals surface area contributed by atoms with E-state index >= 15 is 0 Å². The van der Waals surface area contributed by atoms with Crippen LogP contribution in [0.4, 0.5) is 4.39 Å². The molecule has 0 aromatic rings. The molecule has 0 fully saturated rings. The number of hydrogen-bond acceptors (Lipinski definition) is 2. The van der Waals surface area contributed by atoms with Crippen molar-refractivity contribution < 1.29 is 9.13 Å². The van der Waals surface area contributed by atoms with Gasteiger partial charge in [0.05, 0.1) is 18.1 Å². The zero-order valence-electron chi connectivity index (χ0n) is 7.72. The fraction of sp³-hybridized carbons (Fsp3) is 1.00. The Balaban J connectivity index is 3.33. The monoisotopic (exact) mass is 241 g/mol. The van der Waals surface area contributed by atoms with E-state index in [2.05, 4.69) is 20.8 Å². The van der Waals surface area contributed by atoms with Crippen LogP contribution in [0, 0.1) is 0 Å². The Labute approximate surface area is 82.2 Å². The van der Waals surface area contributed by atoms with Crippen LogP contribution in [0.1, 0.15) is 6.42 Å². The van der Waals surface area contributed by atoms with E-state index in [1.54, 1.807) is 7.11 Å². The molecule has 74 valence electrons. The molecule has 0 radical (unpaired) electrons. The quantitative estimate of drug-likeness (QED) is 0.630. The Kier molecular flexibility index (Phi) is 8.17. The summed E-state index contributed by atoms with van der Waals surface area (Å²) in [5.74, 6) is 0. The van der Waals surface area contributed by atoms with Gasteiger partial charge < -0.3 is 9.64 Å². The van der Waals surface area contributed by atoms with Gasteiger partial charge in [-0.3, -0.25) is 4.39 Å². The van der Waals surface area contributed by atoms with E-state index in [0.717, 1.165) is 13.1 Å². The average Bonchev–Trinajstić information content (AvgIpc) is 2.01. The number of alkyl halides is 2. The zero-order valence-corrected chi connectivity index (χ0v) is 9.31. The Hall–Kier alpha value is 0.330. The highest BCUT2D eigenvalue weighted by Gasteiger charge is 2.06. The largest absolute Gasteiger partial charge is 0.383 e. The lowest BCUT2D eigenvalue weighted by molar-refractivity contribution is 0.185. The van der Waals surface area contributed by atoms with Gasteiger partial charge in [0.15, 0.2) is 0 Å². The highest BCUT2D eigenvalue weighted by atomic mass is 79.9. The first-order chi connectivity index (χ1) is 5.70. The van der Waals surface area contributed by atoms with Gasteiger partial charge >= 0.3 is 0 Å². The minimum Gasteiger partial charge on any atom is -0.383 e. The molecular formula is C8H17BrFNO. The van der Waals surface area contributed by atoms with Crippen LogP contribution >= 0.6 is 15.9 Å². The summed E-state index contributed by atoms with van der Waals surface area (Å²) in [5.41, 5.74) is 0. The summed E-state index contributed by atoms with van der Waals surface area (Å²) in [4.78, 5) is 2.44. The molecule has 12 heavy (non-hydrogen) atoms. The first kappa shape index (κ1) is 12.3. The molecule has 0 saturated heterocycles. The highest BCUT2D eigenvalue weighted by molar-refractivity contribution is 9.09. The van der Waals surface area contributed by atoms with Crippen LogP contribution < -0.4 is 0 Å². The molecule has 0 bridgehead atoms. The fourth-order valence-electron chi connectivity index (χ4n) is 0.993. The van der Waals surface area contributed by atoms with E-state index in [9.17, 15) is 4.39 Å². The van der Waals surface area contributed by atoms with E-state index < -0.39 is 0 Å². The predicted molar refractivity (Wildman–Crippen MR) is 52.7 cm³/mol. The summed E-state index contributed by atoms with van der Waals surface area (Å²) < 4.78 is 16.7. The number of hydrogen-bond donors (Lipinski definition) is 0. The molecule has 0 amide bonds. The highest BCUT2D eigenvalue weighted by Crippen LogP contribution is 2.02. The summed E-state index contributed by atoms with van der Waals surface area (Å²) >= 11 is 3.47. The van der Waals surface area contributed by atoms with E-state index in [-0.39, 0.29) is 6.67 Å². The lowest BCUT2D eigenvalue weighted by Gasteiger charge is -2.18. The maximum Gasteiger partial charge on any atom is 0.0906 e. The van der Waals surface area contributed by atoms with Gasteiger partial charge in [0, 0.05) is 20.2 Å². The molecule has 1 unspecified atom stereocenters. The Morgan fingerprint density at radius 3 is 2.75 bits per heavy atom. The molecule has 0 saturated carbocycles. The molecule has 4 heteroatoms. The fourth-order valence-corrected chi connectivity index (χ4v) is 1.75. The molecule has 0 N–H and O–H groups in total. The predicted octanol–water partition coefficient (Wildman–Crippen LogP) is 1.69. The summed E-state index contributed by atoms with van der Waals surface area (Å²) in [7, 11) is 3.66. The number of ether oxygens (including phenoxy) is 1. The summed E-state index contributed by atoms with van der Waals surface area (Å²) in [6.07, 6.45) is 0.614. The lowest BCUT2D eigenvalue weighted by atomic mass is 10.3. The van der Waals surface area contributed by atoms with Crippen LogP contribution in [0.2, 0.25) is 0 Å².